The van der Waals surface area contributed by atoms with E-state index in [1.807, 2.05) is 24.3 Å². The average molecular weight is 228 g/mol. The first-order chi connectivity index (χ1) is 8.06. The number of pyridine rings is 1. The molecule has 2 rings (SSSR count). The molecule has 1 aromatic carbocycles. The van der Waals surface area contributed by atoms with Crippen LogP contribution < -0.4 is 0 Å². The normalized spacial score (nSPS) is 10.5. The van der Waals surface area contributed by atoms with Crippen molar-refractivity contribution in [1.82, 2.24) is 9.88 Å². The second-order valence-electron chi connectivity index (χ2n) is 4.46. The monoisotopic (exact) mass is 228 g/mol. The number of carbonyl (C=O) groups excluding carboxylic acids is 1. The van der Waals surface area contributed by atoms with Crippen molar-refractivity contribution < 1.29 is 4.79 Å². The highest BCUT2D eigenvalue weighted by Crippen LogP contribution is 2.14. The van der Waals surface area contributed by atoms with Crippen molar-refractivity contribution in [3.8, 4) is 0 Å². The molecule has 0 saturated heterocycles. The predicted octanol–water partition coefficient (Wildman–Crippen LogP) is 2.17. The van der Waals surface area contributed by atoms with Gasteiger partial charge in [-0.25, -0.2) is 0 Å². The van der Waals surface area contributed by atoms with Crippen LogP contribution in [0.15, 0.2) is 30.3 Å². The summed E-state index contributed by atoms with van der Waals surface area (Å²) in [4.78, 5) is 17.7. The third kappa shape index (κ3) is 2.61. The molecular weight excluding hydrogens is 212 g/mol. The minimum Gasteiger partial charge on any atom is -0.348 e. The van der Waals surface area contributed by atoms with E-state index in [1.54, 1.807) is 19.0 Å². The quantitative estimate of drug-likeness (QED) is 0.789. The van der Waals surface area contributed by atoms with Crippen LogP contribution in [0, 0.1) is 6.92 Å². The summed E-state index contributed by atoms with van der Waals surface area (Å²) in [5, 5.41) is 1.12. The number of carbonyl (C=O) groups is 1. The molecule has 3 nitrogen and oxygen atoms in total. The SMILES string of the molecule is Cc1ccc2nc(CC(=O)N(C)C)ccc2c1. The summed E-state index contributed by atoms with van der Waals surface area (Å²) in [6, 6.07) is 10.1. The summed E-state index contributed by atoms with van der Waals surface area (Å²) in [7, 11) is 3.51. The summed E-state index contributed by atoms with van der Waals surface area (Å²) in [6.07, 6.45) is 0.358. The maximum absolute atomic E-state index is 11.6. The molecule has 0 aliphatic heterocycles. The Labute approximate surface area is 101 Å². The lowest BCUT2D eigenvalue weighted by Gasteiger charge is -2.10. The molecule has 0 atom stereocenters. The maximum Gasteiger partial charge on any atom is 0.228 e. The third-order valence-electron chi connectivity index (χ3n) is 2.73. The Bertz CT molecular complexity index is 561. The lowest BCUT2D eigenvalue weighted by molar-refractivity contribution is -0.128. The number of amides is 1. The van der Waals surface area contributed by atoms with Crippen LogP contribution in [0.3, 0.4) is 0 Å². The van der Waals surface area contributed by atoms with Gasteiger partial charge in [0.1, 0.15) is 0 Å². The molecule has 3 heteroatoms. The topological polar surface area (TPSA) is 33.2 Å². The Morgan fingerprint density at radius 1 is 1.24 bits per heavy atom. The number of likely N-dealkylation sites (N-methyl/N-ethyl adjacent to an activating group) is 1. The zero-order chi connectivity index (χ0) is 12.4. The van der Waals surface area contributed by atoms with Gasteiger partial charge in [0.25, 0.3) is 0 Å². The number of aromatic nitrogens is 1. The molecule has 0 spiro atoms. The number of rotatable bonds is 2. The number of hydrogen-bond donors (Lipinski definition) is 0. The zero-order valence-corrected chi connectivity index (χ0v) is 10.4. The van der Waals surface area contributed by atoms with Crippen LogP contribution in [0.5, 0.6) is 0 Å². The van der Waals surface area contributed by atoms with Crippen LogP contribution >= 0.6 is 0 Å². The molecule has 0 N–H and O–H groups in total. The van der Waals surface area contributed by atoms with Crippen LogP contribution in [0.1, 0.15) is 11.3 Å². The molecule has 0 unspecified atom stereocenters. The van der Waals surface area contributed by atoms with Crippen LogP contribution in [0.4, 0.5) is 0 Å². The third-order valence-corrected chi connectivity index (χ3v) is 2.73. The lowest BCUT2D eigenvalue weighted by atomic mass is 10.1. The average Bonchev–Trinajstić information content (AvgIpc) is 2.29. The van der Waals surface area contributed by atoms with Gasteiger partial charge in [0.2, 0.25) is 5.91 Å². The Kier molecular flexibility index (Phi) is 3.09. The first-order valence-electron chi connectivity index (χ1n) is 5.63. The number of benzene rings is 1. The first-order valence-corrected chi connectivity index (χ1v) is 5.63. The highest BCUT2D eigenvalue weighted by molar-refractivity contribution is 5.81. The minimum atomic E-state index is 0.0731. The molecule has 2 aromatic rings. The fourth-order valence-corrected chi connectivity index (χ4v) is 1.70. The van der Waals surface area contributed by atoms with Crippen LogP contribution in [-0.2, 0) is 11.2 Å². The van der Waals surface area contributed by atoms with Crippen molar-refractivity contribution in [2.45, 2.75) is 13.3 Å². The Morgan fingerprint density at radius 2 is 2.00 bits per heavy atom. The molecule has 0 radical (unpaired) electrons. The molecule has 88 valence electrons. The van der Waals surface area contributed by atoms with Crippen molar-refractivity contribution in [2.75, 3.05) is 14.1 Å². The van der Waals surface area contributed by atoms with Crippen molar-refractivity contribution >= 4 is 16.8 Å². The molecule has 1 aromatic heterocycles. The molecule has 0 bridgehead atoms. The van der Waals surface area contributed by atoms with E-state index in [-0.39, 0.29) is 5.91 Å². The Morgan fingerprint density at radius 3 is 2.71 bits per heavy atom. The van der Waals surface area contributed by atoms with Gasteiger partial charge in [-0.2, -0.15) is 0 Å². The molecule has 17 heavy (non-hydrogen) atoms. The largest absolute Gasteiger partial charge is 0.348 e. The molecule has 1 amide bonds. The van der Waals surface area contributed by atoms with E-state index in [0.29, 0.717) is 6.42 Å². The summed E-state index contributed by atoms with van der Waals surface area (Å²) >= 11 is 0. The molecule has 0 fully saturated rings. The first kappa shape index (κ1) is 11.6. The fourth-order valence-electron chi connectivity index (χ4n) is 1.70. The van der Waals surface area contributed by atoms with E-state index in [1.165, 1.54) is 5.56 Å². The van der Waals surface area contributed by atoms with E-state index >= 15 is 0 Å². The van der Waals surface area contributed by atoms with Gasteiger partial charge in [-0.05, 0) is 25.1 Å². The van der Waals surface area contributed by atoms with E-state index in [2.05, 4.69) is 18.0 Å². The van der Waals surface area contributed by atoms with Gasteiger partial charge in [0, 0.05) is 19.5 Å². The second kappa shape index (κ2) is 4.53. The van der Waals surface area contributed by atoms with Gasteiger partial charge >= 0.3 is 0 Å². The predicted molar refractivity (Wildman–Crippen MR) is 68.9 cm³/mol. The van der Waals surface area contributed by atoms with Gasteiger partial charge in [0.15, 0.2) is 0 Å². The molecule has 0 aliphatic carbocycles. The standard InChI is InChI=1S/C14H16N2O/c1-10-4-7-13-11(8-10)5-6-12(15-13)9-14(17)16(2)3/h4-8H,9H2,1-3H3. The van der Waals surface area contributed by atoms with Gasteiger partial charge in [-0.3, -0.25) is 9.78 Å². The minimum absolute atomic E-state index is 0.0731. The molecule has 0 saturated carbocycles. The van der Waals surface area contributed by atoms with Crippen molar-refractivity contribution in [3.63, 3.8) is 0 Å². The van der Waals surface area contributed by atoms with Crippen LogP contribution in [0.25, 0.3) is 10.9 Å². The van der Waals surface area contributed by atoms with E-state index < -0.39 is 0 Å². The summed E-state index contributed by atoms with van der Waals surface area (Å²) in [6.45, 7) is 2.06. The number of hydrogen-bond acceptors (Lipinski definition) is 2. The fraction of sp³-hybridized carbons (Fsp3) is 0.286. The summed E-state index contributed by atoms with van der Waals surface area (Å²) < 4.78 is 0. The van der Waals surface area contributed by atoms with Crippen molar-refractivity contribution in [3.05, 3.63) is 41.6 Å². The summed E-state index contributed by atoms with van der Waals surface area (Å²) in [5.74, 6) is 0.0731. The zero-order valence-electron chi connectivity index (χ0n) is 10.4. The van der Waals surface area contributed by atoms with Crippen LogP contribution in [-0.4, -0.2) is 29.9 Å². The number of aryl methyl sites for hydroxylation is 1. The smallest absolute Gasteiger partial charge is 0.228 e. The maximum atomic E-state index is 11.6. The van der Waals surface area contributed by atoms with Gasteiger partial charge < -0.3 is 4.90 Å². The number of fused-ring (bicyclic) bond motifs is 1. The van der Waals surface area contributed by atoms with Crippen molar-refractivity contribution in [2.24, 2.45) is 0 Å². The highest BCUT2D eigenvalue weighted by Gasteiger charge is 2.07. The van der Waals surface area contributed by atoms with Gasteiger partial charge in [-0.15, -0.1) is 0 Å². The molecule has 1 heterocycles. The van der Waals surface area contributed by atoms with E-state index in [0.717, 1.165) is 16.6 Å². The lowest BCUT2D eigenvalue weighted by Crippen LogP contribution is -2.23. The van der Waals surface area contributed by atoms with E-state index in [9.17, 15) is 4.79 Å². The van der Waals surface area contributed by atoms with E-state index in [4.69, 9.17) is 0 Å². The Hall–Kier alpha value is -1.90. The van der Waals surface area contributed by atoms with Crippen LogP contribution in [0.2, 0.25) is 0 Å². The highest BCUT2D eigenvalue weighted by atomic mass is 16.2. The second-order valence-corrected chi connectivity index (χ2v) is 4.46. The number of nitrogens with zero attached hydrogens (tertiary/aromatic N) is 2. The summed E-state index contributed by atoms with van der Waals surface area (Å²) in [5.41, 5.74) is 2.98. The molecular formula is C14H16N2O. The Balaban J connectivity index is 2.32. The van der Waals surface area contributed by atoms with Gasteiger partial charge in [0.05, 0.1) is 17.6 Å². The van der Waals surface area contributed by atoms with Crippen molar-refractivity contribution in [1.29, 1.82) is 0 Å². The van der Waals surface area contributed by atoms with Gasteiger partial charge in [-0.1, -0.05) is 17.7 Å². The molecule has 0 aliphatic rings.